The van der Waals surface area contributed by atoms with E-state index in [1.807, 2.05) is 18.3 Å². The van der Waals surface area contributed by atoms with Gasteiger partial charge in [0.05, 0.1) is 6.04 Å². The number of hydrazine groups is 1. The van der Waals surface area contributed by atoms with Crippen molar-refractivity contribution >= 4 is 22.6 Å². The van der Waals surface area contributed by atoms with Crippen LogP contribution in [-0.4, -0.2) is 4.98 Å². The zero-order chi connectivity index (χ0) is 14.8. The number of aryl methyl sites for hydroxylation is 1. The molecule has 3 rings (SSSR count). The van der Waals surface area contributed by atoms with Gasteiger partial charge in [0, 0.05) is 21.4 Å². The molecule has 1 heterocycles. The lowest BCUT2D eigenvalue weighted by molar-refractivity contribution is 0.398. The van der Waals surface area contributed by atoms with Crippen molar-refractivity contribution in [2.24, 2.45) is 5.84 Å². The number of benzene rings is 1. The van der Waals surface area contributed by atoms with Crippen molar-refractivity contribution in [2.45, 2.75) is 31.2 Å². The highest BCUT2D eigenvalue weighted by Gasteiger charge is 2.30. The number of halogens is 2. The first-order chi connectivity index (χ1) is 10.2. The molecule has 21 heavy (non-hydrogen) atoms. The highest BCUT2D eigenvalue weighted by molar-refractivity contribution is 14.1. The molecule has 2 unspecified atom stereocenters. The molecule has 1 aromatic carbocycles. The first kappa shape index (κ1) is 14.9. The molecule has 3 N–H and O–H groups in total. The lowest BCUT2D eigenvalue weighted by Crippen LogP contribution is -2.35. The number of nitrogens with two attached hydrogens (primary N) is 1. The second kappa shape index (κ2) is 6.37. The van der Waals surface area contributed by atoms with Crippen LogP contribution in [0.4, 0.5) is 4.39 Å². The van der Waals surface area contributed by atoms with E-state index in [1.165, 1.54) is 11.6 Å². The van der Waals surface area contributed by atoms with Crippen LogP contribution in [0, 0.1) is 9.39 Å². The molecular weight excluding hydrogens is 380 g/mol. The zero-order valence-corrected chi connectivity index (χ0v) is 13.7. The summed E-state index contributed by atoms with van der Waals surface area (Å²) in [6.07, 6.45) is 5.06. The largest absolute Gasteiger partial charge is 0.271 e. The van der Waals surface area contributed by atoms with Gasteiger partial charge in [-0.05, 0) is 71.2 Å². The summed E-state index contributed by atoms with van der Waals surface area (Å²) in [6, 6.07) is 8.92. The predicted molar refractivity (Wildman–Crippen MR) is 89.1 cm³/mol. The summed E-state index contributed by atoms with van der Waals surface area (Å²) in [4.78, 5) is 4.57. The zero-order valence-electron chi connectivity index (χ0n) is 11.5. The Morgan fingerprint density at radius 2 is 2.24 bits per heavy atom. The van der Waals surface area contributed by atoms with Crippen LogP contribution < -0.4 is 11.3 Å². The monoisotopic (exact) mass is 397 g/mol. The maximum absolute atomic E-state index is 13.3. The van der Waals surface area contributed by atoms with Gasteiger partial charge in [-0.15, -0.1) is 0 Å². The van der Waals surface area contributed by atoms with Crippen LogP contribution in [0.1, 0.15) is 41.6 Å². The maximum Gasteiger partial charge on any atom is 0.124 e. The molecule has 0 bridgehead atoms. The third-order valence-corrected chi connectivity index (χ3v) is 5.05. The minimum absolute atomic E-state index is 0.0496. The van der Waals surface area contributed by atoms with Crippen LogP contribution in [0.25, 0.3) is 0 Å². The van der Waals surface area contributed by atoms with Gasteiger partial charge in [0.1, 0.15) is 5.82 Å². The lowest BCUT2D eigenvalue weighted by atomic mass is 9.80. The van der Waals surface area contributed by atoms with E-state index in [0.29, 0.717) is 0 Å². The molecule has 1 aliphatic carbocycles. The molecule has 0 saturated heterocycles. The Morgan fingerprint density at radius 1 is 1.38 bits per heavy atom. The van der Waals surface area contributed by atoms with E-state index in [-0.39, 0.29) is 17.8 Å². The molecule has 1 aromatic heterocycles. The van der Waals surface area contributed by atoms with E-state index >= 15 is 0 Å². The van der Waals surface area contributed by atoms with Crippen molar-refractivity contribution in [3.63, 3.8) is 0 Å². The molecular formula is C16H17FIN3. The fraction of sp³-hybridized carbons (Fsp3) is 0.312. The number of nitrogens with zero attached hydrogens (tertiary/aromatic N) is 1. The Balaban J connectivity index is 2.01. The Kier molecular flexibility index (Phi) is 4.51. The Morgan fingerprint density at radius 3 is 3.00 bits per heavy atom. The molecule has 0 aliphatic heterocycles. The fourth-order valence-electron chi connectivity index (χ4n) is 3.15. The van der Waals surface area contributed by atoms with Crippen LogP contribution in [0.5, 0.6) is 0 Å². The second-order valence-corrected chi connectivity index (χ2v) is 6.52. The number of aromatic nitrogens is 1. The summed E-state index contributed by atoms with van der Waals surface area (Å²) in [6.45, 7) is 0. The molecule has 0 spiro atoms. The Hall–Kier alpha value is -1.05. The summed E-state index contributed by atoms with van der Waals surface area (Å²) in [5.41, 5.74) is 6.37. The van der Waals surface area contributed by atoms with Gasteiger partial charge in [0.2, 0.25) is 0 Å². The van der Waals surface area contributed by atoms with Gasteiger partial charge in [0.15, 0.2) is 0 Å². The molecule has 5 heteroatoms. The molecule has 0 fully saturated rings. The van der Waals surface area contributed by atoms with Gasteiger partial charge in [-0.25, -0.2) is 4.39 Å². The average molecular weight is 397 g/mol. The summed E-state index contributed by atoms with van der Waals surface area (Å²) in [5.74, 6) is 5.82. The second-order valence-electron chi connectivity index (χ2n) is 5.36. The van der Waals surface area contributed by atoms with E-state index in [2.05, 4.69) is 39.1 Å². The van der Waals surface area contributed by atoms with E-state index in [9.17, 15) is 4.39 Å². The minimum Gasteiger partial charge on any atom is -0.271 e. The normalized spacial score (nSPS) is 19.1. The predicted octanol–water partition coefficient (Wildman–Crippen LogP) is 3.45. The third kappa shape index (κ3) is 2.95. The van der Waals surface area contributed by atoms with Gasteiger partial charge < -0.3 is 0 Å². The minimum atomic E-state index is -0.221. The van der Waals surface area contributed by atoms with Crippen molar-refractivity contribution in [3.8, 4) is 0 Å². The van der Waals surface area contributed by atoms with Gasteiger partial charge in [0.25, 0.3) is 0 Å². The van der Waals surface area contributed by atoms with Gasteiger partial charge in [-0.3, -0.25) is 16.3 Å². The van der Waals surface area contributed by atoms with Crippen LogP contribution in [-0.2, 0) is 6.42 Å². The highest BCUT2D eigenvalue weighted by Crippen LogP contribution is 2.40. The molecule has 3 nitrogen and oxygen atoms in total. The third-order valence-electron chi connectivity index (χ3n) is 4.12. The Labute approximate surface area is 137 Å². The van der Waals surface area contributed by atoms with Crippen LogP contribution in [0.2, 0.25) is 0 Å². The SMILES string of the molecule is NNC(c1ccc(F)cc1I)C1CCCc2cccnc21. The number of fused-ring (bicyclic) bond motifs is 1. The van der Waals surface area contributed by atoms with Crippen molar-refractivity contribution in [2.75, 3.05) is 0 Å². The molecule has 0 amide bonds. The average Bonchev–Trinajstić information content (AvgIpc) is 2.50. The molecule has 2 atom stereocenters. The number of hydrogen-bond acceptors (Lipinski definition) is 3. The molecule has 110 valence electrons. The maximum atomic E-state index is 13.3. The van der Waals surface area contributed by atoms with Crippen molar-refractivity contribution in [1.82, 2.24) is 10.4 Å². The summed E-state index contributed by atoms with van der Waals surface area (Å²) >= 11 is 2.16. The molecule has 1 aliphatic rings. The van der Waals surface area contributed by atoms with Crippen LogP contribution >= 0.6 is 22.6 Å². The van der Waals surface area contributed by atoms with Crippen molar-refractivity contribution < 1.29 is 4.39 Å². The van der Waals surface area contributed by atoms with E-state index in [0.717, 1.165) is 34.1 Å². The first-order valence-corrected chi connectivity index (χ1v) is 8.13. The summed E-state index contributed by atoms with van der Waals surface area (Å²) in [5, 5.41) is 0. The van der Waals surface area contributed by atoms with Crippen LogP contribution in [0.15, 0.2) is 36.5 Å². The number of rotatable bonds is 3. The molecule has 2 aromatic rings. The molecule has 0 saturated carbocycles. The van der Waals surface area contributed by atoms with E-state index in [1.54, 1.807) is 6.07 Å². The van der Waals surface area contributed by atoms with Gasteiger partial charge in [-0.1, -0.05) is 12.1 Å². The van der Waals surface area contributed by atoms with Crippen molar-refractivity contribution in [3.05, 3.63) is 62.7 Å². The summed E-state index contributed by atoms with van der Waals surface area (Å²) in [7, 11) is 0. The van der Waals surface area contributed by atoms with Gasteiger partial charge in [-0.2, -0.15) is 0 Å². The fourth-order valence-corrected chi connectivity index (χ4v) is 3.96. The smallest absolute Gasteiger partial charge is 0.124 e. The van der Waals surface area contributed by atoms with E-state index in [4.69, 9.17) is 5.84 Å². The van der Waals surface area contributed by atoms with Crippen molar-refractivity contribution in [1.29, 1.82) is 0 Å². The molecule has 0 radical (unpaired) electrons. The standard InChI is InChI=1S/C16H17FIN3/c17-11-6-7-12(14(18)9-11)16(21-19)13-5-1-3-10-4-2-8-20-15(10)13/h2,4,6-9,13,16,21H,1,3,5,19H2. The topological polar surface area (TPSA) is 50.9 Å². The van der Waals surface area contributed by atoms with E-state index < -0.39 is 0 Å². The highest BCUT2D eigenvalue weighted by atomic mass is 127. The number of pyridine rings is 1. The van der Waals surface area contributed by atoms with Crippen LogP contribution in [0.3, 0.4) is 0 Å². The quantitative estimate of drug-likeness (QED) is 0.474. The number of nitrogens with one attached hydrogen (secondary N) is 1. The lowest BCUT2D eigenvalue weighted by Gasteiger charge is -2.31. The Bertz CT molecular complexity index is 647. The number of hydrogen-bond donors (Lipinski definition) is 2. The van der Waals surface area contributed by atoms with Gasteiger partial charge >= 0.3 is 0 Å². The first-order valence-electron chi connectivity index (χ1n) is 7.05. The summed E-state index contributed by atoms with van der Waals surface area (Å²) < 4.78 is 14.2.